The Morgan fingerprint density at radius 2 is 1.62 bits per heavy atom. The van der Waals surface area contributed by atoms with Gasteiger partial charge >= 0.3 is 0 Å². The number of ether oxygens (including phenoxy) is 1. The monoisotopic (exact) mass is 285 g/mol. The highest BCUT2D eigenvalue weighted by atomic mass is 16.5. The minimum Gasteiger partial charge on any atom is -0.489 e. The summed E-state index contributed by atoms with van der Waals surface area (Å²) >= 11 is 0. The molecule has 3 heteroatoms. The van der Waals surface area contributed by atoms with Crippen LogP contribution in [0.5, 0.6) is 5.75 Å². The third kappa shape index (κ3) is 4.06. The van der Waals surface area contributed by atoms with Crippen LogP contribution in [0.1, 0.15) is 31.0 Å². The summed E-state index contributed by atoms with van der Waals surface area (Å²) in [5, 5.41) is 10.2. The van der Waals surface area contributed by atoms with Crippen molar-refractivity contribution in [1.82, 2.24) is 0 Å². The highest BCUT2D eigenvalue weighted by molar-refractivity contribution is 5.36. The average molecular weight is 285 g/mol. The quantitative estimate of drug-likeness (QED) is 0.856. The third-order valence-corrected chi connectivity index (χ3v) is 3.57. The number of benzene rings is 2. The fourth-order valence-corrected chi connectivity index (χ4v) is 2.22. The Kier molecular flexibility index (Phi) is 5.37. The molecule has 2 rings (SSSR count). The molecule has 3 nitrogen and oxygen atoms in total. The number of hydrogen-bond acceptors (Lipinski definition) is 3. The Balaban J connectivity index is 2.13. The van der Waals surface area contributed by atoms with Gasteiger partial charge in [0, 0.05) is 5.56 Å². The van der Waals surface area contributed by atoms with E-state index in [9.17, 15) is 5.11 Å². The summed E-state index contributed by atoms with van der Waals surface area (Å²) in [7, 11) is 0. The molecule has 0 aliphatic heterocycles. The van der Waals surface area contributed by atoms with Crippen LogP contribution < -0.4 is 10.5 Å². The Morgan fingerprint density at radius 1 is 1.00 bits per heavy atom. The number of aliphatic hydroxyl groups excluding tert-OH is 1. The first-order valence-corrected chi connectivity index (χ1v) is 7.29. The second-order valence-corrected chi connectivity index (χ2v) is 5.57. The molecule has 3 N–H and O–H groups in total. The van der Waals surface area contributed by atoms with Gasteiger partial charge in [-0.05, 0) is 17.5 Å². The van der Waals surface area contributed by atoms with E-state index in [4.69, 9.17) is 10.5 Å². The minimum absolute atomic E-state index is 0.0992. The molecule has 0 saturated carbocycles. The van der Waals surface area contributed by atoms with Gasteiger partial charge in [0.1, 0.15) is 12.4 Å². The van der Waals surface area contributed by atoms with Crippen LogP contribution in [-0.4, -0.2) is 11.2 Å². The van der Waals surface area contributed by atoms with E-state index >= 15 is 0 Å². The zero-order valence-corrected chi connectivity index (χ0v) is 12.6. The zero-order chi connectivity index (χ0) is 15.2. The lowest BCUT2D eigenvalue weighted by Gasteiger charge is -2.24. The Labute approximate surface area is 126 Å². The van der Waals surface area contributed by atoms with E-state index in [1.807, 2.05) is 68.4 Å². The maximum absolute atomic E-state index is 10.2. The zero-order valence-electron chi connectivity index (χ0n) is 12.6. The van der Waals surface area contributed by atoms with Crippen LogP contribution in [0.15, 0.2) is 54.6 Å². The molecular weight excluding hydrogens is 262 g/mol. The molecule has 2 aromatic rings. The van der Waals surface area contributed by atoms with E-state index < -0.39 is 12.1 Å². The van der Waals surface area contributed by atoms with Gasteiger partial charge in [0.05, 0.1) is 12.1 Å². The predicted molar refractivity (Wildman–Crippen MR) is 85.0 cm³/mol. The highest BCUT2D eigenvalue weighted by Crippen LogP contribution is 2.28. The fourth-order valence-electron chi connectivity index (χ4n) is 2.22. The van der Waals surface area contributed by atoms with Gasteiger partial charge in [-0.25, -0.2) is 0 Å². The first-order valence-electron chi connectivity index (χ1n) is 7.29. The Morgan fingerprint density at radius 3 is 2.29 bits per heavy atom. The second-order valence-electron chi connectivity index (χ2n) is 5.57. The van der Waals surface area contributed by atoms with E-state index in [0.717, 1.165) is 16.9 Å². The van der Waals surface area contributed by atoms with E-state index in [2.05, 4.69) is 0 Å². The van der Waals surface area contributed by atoms with Crippen LogP contribution in [0, 0.1) is 5.92 Å². The van der Waals surface area contributed by atoms with E-state index in [-0.39, 0.29) is 5.92 Å². The number of hydrogen-bond donors (Lipinski definition) is 2. The smallest absolute Gasteiger partial charge is 0.124 e. The molecule has 21 heavy (non-hydrogen) atoms. The lowest BCUT2D eigenvalue weighted by Crippen LogP contribution is -2.30. The van der Waals surface area contributed by atoms with Crippen molar-refractivity contribution in [3.8, 4) is 5.75 Å². The standard InChI is InChI=1S/C18H23NO2/c1-13(2)18(20)17(19)15-10-6-7-11-16(15)21-12-14-8-4-3-5-9-14/h3-11,13,17-18,20H,12,19H2,1-2H3/t17-,18+/m0/s1. The van der Waals surface area contributed by atoms with Crippen LogP contribution in [0.4, 0.5) is 0 Å². The van der Waals surface area contributed by atoms with E-state index in [1.54, 1.807) is 0 Å². The highest BCUT2D eigenvalue weighted by Gasteiger charge is 2.22. The molecule has 0 fully saturated rings. The van der Waals surface area contributed by atoms with Crippen molar-refractivity contribution in [2.75, 3.05) is 0 Å². The van der Waals surface area contributed by atoms with Gasteiger partial charge in [-0.3, -0.25) is 0 Å². The largest absolute Gasteiger partial charge is 0.489 e. The normalized spacial score (nSPS) is 14.0. The van der Waals surface area contributed by atoms with Crippen molar-refractivity contribution in [3.05, 3.63) is 65.7 Å². The SMILES string of the molecule is CC(C)[C@@H](O)[C@@H](N)c1ccccc1OCc1ccccc1. The minimum atomic E-state index is -0.591. The summed E-state index contributed by atoms with van der Waals surface area (Å²) in [5.74, 6) is 0.829. The molecular formula is C18H23NO2. The van der Waals surface area contributed by atoms with Gasteiger partial charge in [0.25, 0.3) is 0 Å². The van der Waals surface area contributed by atoms with Crippen molar-refractivity contribution in [2.24, 2.45) is 11.7 Å². The maximum Gasteiger partial charge on any atom is 0.124 e. The Bertz CT molecular complexity index is 554. The summed E-state index contributed by atoms with van der Waals surface area (Å²) in [6.45, 7) is 4.40. The average Bonchev–Trinajstić information content (AvgIpc) is 2.52. The van der Waals surface area contributed by atoms with Gasteiger partial charge < -0.3 is 15.6 Å². The van der Waals surface area contributed by atoms with Gasteiger partial charge in [-0.15, -0.1) is 0 Å². The third-order valence-electron chi connectivity index (χ3n) is 3.57. The first kappa shape index (κ1) is 15.5. The molecule has 2 aromatic carbocycles. The maximum atomic E-state index is 10.2. The van der Waals surface area contributed by atoms with Gasteiger partial charge in [0.15, 0.2) is 0 Å². The number of nitrogens with two attached hydrogens (primary N) is 1. The number of rotatable bonds is 6. The van der Waals surface area contributed by atoms with Gasteiger partial charge in [0.2, 0.25) is 0 Å². The topological polar surface area (TPSA) is 55.5 Å². The molecule has 0 spiro atoms. The van der Waals surface area contributed by atoms with E-state index in [1.165, 1.54) is 0 Å². The van der Waals surface area contributed by atoms with Crippen LogP contribution >= 0.6 is 0 Å². The summed E-state index contributed by atoms with van der Waals surface area (Å²) < 4.78 is 5.88. The summed E-state index contributed by atoms with van der Waals surface area (Å²) in [6, 6.07) is 17.2. The summed E-state index contributed by atoms with van der Waals surface area (Å²) in [6.07, 6.45) is -0.591. The molecule has 0 aliphatic rings. The summed E-state index contributed by atoms with van der Waals surface area (Å²) in [4.78, 5) is 0. The lowest BCUT2D eigenvalue weighted by atomic mass is 9.94. The van der Waals surface area contributed by atoms with Crippen LogP contribution in [-0.2, 0) is 6.61 Å². The van der Waals surface area contributed by atoms with Crippen molar-refractivity contribution >= 4 is 0 Å². The van der Waals surface area contributed by atoms with Crippen LogP contribution in [0.2, 0.25) is 0 Å². The van der Waals surface area contributed by atoms with Gasteiger partial charge in [-0.2, -0.15) is 0 Å². The molecule has 0 unspecified atom stereocenters. The van der Waals surface area contributed by atoms with Crippen LogP contribution in [0.25, 0.3) is 0 Å². The fraction of sp³-hybridized carbons (Fsp3) is 0.333. The molecule has 0 aromatic heterocycles. The van der Waals surface area contributed by atoms with Gasteiger partial charge in [-0.1, -0.05) is 62.4 Å². The van der Waals surface area contributed by atoms with Crippen molar-refractivity contribution in [1.29, 1.82) is 0 Å². The van der Waals surface area contributed by atoms with E-state index in [0.29, 0.717) is 6.61 Å². The molecule has 0 radical (unpaired) electrons. The molecule has 0 bridgehead atoms. The molecule has 0 saturated heterocycles. The summed E-state index contributed by atoms with van der Waals surface area (Å²) in [5.41, 5.74) is 8.12. The van der Waals surface area contributed by atoms with Crippen LogP contribution in [0.3, 0.4) is 0 Å². The predicted octanol–water partition coefficient (Wildman–Crippen LogP) is 3.28. The lowest BCUT2D eigenvalue weighted by molar-refractivity contribution is 0.0965. The number of para-hydroxylation sites is 1. The van der Waals surface area contributed by atoms with Crippen molar-refractivity contribution in [3.63, 3.8) is 0 Å². The van der Waals surface area contributed by atoms with Crippen molar-refractivity contribution in [2.45, 2.75) is 32.6 Å². The molecule has 0 heterocycles. The molecule has 112 valence electrons. The molecule has 0 amide bonds. The second kappa shape index (κ2) is 7.25. The first-order chi connectivity index (χ1) is 10.1. The number of aliphatic hydroxyl groups is 1. The molecule has 2 atom stereocenters. The molecule has 0 aliphatic carbocycles. The van der Waals surface area contributed by atoms with Crippen molar-refractivity contribution < 1.29 is 9.84 Å². The Hall–Kier alpha value is -1.84.